The second-order valence-corrected chi connectivity index (χ2v) is 2.49. The van der Waals surface area contributed by atoms with E-state index in [1.54, 1.807) is 0 Å². The van der Waals surface area contributed by atoms with Gasteiger partial charge in [0.1, 0.15) is 0 Å². The standard InChI is InChI=1S/C7H13Cl/c1-3-5-6-7(8)4-2/h3,7H,1,4-6H2,2H3. The third kappa shape index (κ3) is 4.20. The third-order valence-corrected chi connectivity index (χ3v) is 1.65. The van der Waals surface area contributed by atoms with Gasteiger partial charge in [-0.15, -0.1) is 18.2 Å². The highest BCUT2D eigenvalue weighted by molar-refractivity contribution is 6.20. The number of hydrogen-bond donors (Lipinski definition) is 0. The van der Waals surface area contributed by atoms with Crippen molar-refractivity contribution in [2.24, 2.45) is 0 Å². The predicted molar refractivity (Wildman–Crippen MR) is 39.4 cm³/mol. The molecule has 0 saturated heterocycles. The van der Waals surface area contributed by atoms with Crippen LogP contribution in [-0.2, 0) is 0 Å². The summed E-state index contributed by atoms with van der Waals surface area (Å²) < 4.78 is 0. The molecule has 0 spiro atoms. The van der Waals surface area contributed by atoms with Crippen molar-refractivity contribution in [3.8, 4) is 0 Å². The van der Waals surface area contributed by atoms with Crippen LogP contribution in [0.5, 0.6) is 0 Å². The molecule has 1 heteroatoms. The molecule has 0 rings (SSSR count). The van der Waals surface area contributed by atoms with Crippen LogP contribution in [0.15, 0.2) is 12.7 Å². The topological polar surface area (TPSA) is 0 Å². The molecule has 0 aliphatic carbocycles. The normalized spacial score (nSPS) is 13.2. The van der Waals surface area contributed by atoms with E-state index in [0.29, 0.717) is 5.38 Å². The van der Waals surface area contributed by atoms with E-state index in [2.05, 4.69) is 13.5 Å². The van der Waals surface area contributed by atoms with Crippen LogP contribution in [0.1, 0.15) is 26.2 Å². The van der Waals surface area contributed by atoms with Crippen LogP contribution >= 0.6 is 11.6 Å². The molecule has 0 heterocycles. The largest absolute Gasteiger partial charge is 0.123 e. The summed E-state index contributed by atoms with van der Waals surface area (Å²) in [5.41, 5.74) is 0. The molecule has 0 amide bonds. The molecular formula is C7H13Cl. The van der Waals surface area contributed by atoms with Crippen molar-refractivity contribution in [3.05, 3.63) is 12.7 Å². The smallest absolute Gasteiger partial charge is 0.0336 e. The summed E-state index contributed by atoms with van der Waals surface area (Å²) in [6.07, 6.45) is 5.09. The molecule has 0 N–H and O–H groups in total. The van der Waals surface area contributed by atoms with Gasteiger partial charge < -0.3 is 0 Å². The fourth-order valence-corrected chi connectivity index (χ4v) is 0.629. The maximum atomic E-state index is 5.80. The third-order valence-electron chi connectivity index (χ3n) is 1.13. The van der Waals surface area contributed by atoms with Crippen LogP contribution in [0.2, 0.25) is 0 Å². The average molecular weight is 133 g/mol. The summed E-state index contributed by atoms with van der Waals surface area (Å²) in [4.78, 5) is 0. The average Bonchev–Trinajstić information content (AvgIpc) is 1.83. The first-order valence-electron chi connectivity index (χ1n) is 3.06. The molecular weight excluding hydrogens is 120 g/mol. The zero-order chi connectivity index (χ0) is 6.41. The maximum absolute atomic E-state index is 5.80. The highest BCUT2D eigenvalue weighted by atomic mass is 35.5. The highest BCUT2D eigenvalue weighted by Gasteiger charge is 1.96. The van der Waals surface area contributed by atoms with Gasteiger partial charge in [0.25, 0.3) is 0 Å². The van der Waals surface area contributed by atoms with E-state index in [1.165, 1.54) is 0 Å². The van der Waals surface area contributed by atoms with E-state index in [0.717, 1.165) is 19.3 Å². The fraction of sp³-hybridized carbons (Fsp3) is 0.714. The van der Waals surface area contributed by atoms with Gasteiger partial charge in [0.2, 0.25) is 0 Å². The van der Waals surface area contributed by atoms with Crippen molar-refractivity contribution in [1.82, 2.24) is 0 Å². The molecule has 0 aliphatic heterocycles. The summed E-state index contributed by atoms with van der Waals surface area (Å²) in [6.45, 7) is 5.71. The summed E-state index contributed by atoms with van der Waals surface area (Å²) in [5.74, 6) is 0. The van der Waals surface area contributed by atoms with Gasteiger partial charge in [0.15, 0.2) is 0 Å². The second-order valence-electron chi connectivity index (χ2n) is 1.87. The minimum atomic E-state index is 0.355. The zero-order valence-electron chi connectivity index (χ0n) is 5.36. The van der Waals surface area contributed by atoms with Gasteiger partial charge in [0, 0.05) is 5.38 Å². The monoisotopic (exact) mass is 132 g/mol. The van der Waals surface area contributed by atoms with Crippen molar-refractivity contribution < 1.29 is 0 Å². The molecule has 0 nitrogen and oxygen atoms in total. The Labute approximate surface area is 56.5 Å². The second kappa shape index (κ2) is 5.17. The predicted octanol–water partition coefficient (Wildman–Crippen LogP) is 2.97. The van der Waals surface area contributed by atoms with Crippen molar-refractivity contribution in [2.45, 2.75) is 31.6 Å². The Hall–Kier alpha value is 0.0300. The van der Waals surface area contributed by atoms with E-state index >= 15 is 0 Å². The maximum Gasteiger partial charge on any atom is 0.0336 e. The fourth-order valence-electron chi connectivity index (χ4n) is 0.503. The number of hydrogen-bond acceptors (Lipinski definition) is 0. The number of allylic oxidation sites excluding steroid dienone is 1. The van der Waals surface area contributed by atoms with E-state index < -0.39 is 0 Å². The Kier molecular flexibility index (Phi) is 5.19. The van der Waals surface area contributed by atoms with E-state index in [-0.39, 0.29) is 0 Å². The first kappa shape index (κ1) is 8.03. The Bertz CT molecular complexity index is 59.4. The molecule has 0 aromatic heterocycles. The first-order valence-corrected chi connectivity index (χ1v) is 3.49. The SMILES string of the molecule is C=CCCC(Cl)CC. The number of halogens is 1. The summed E-state index contributed by atoms with van der Waals surface area (Å²) in [7, 11) is 0. The Morgan fingerprint density at radius 3 is 2.75 bits per heavy atom. The molecule has 0 fully saturated rings. The van der Waals surface area contributed by atoms with Gasteiger partial charge in [-0.05, 0) is 19.3 Å². The first-order chi connectivity index (χ1) is 3.81. The highest BCUT2D eigenvalue weighted by Crippen LogP contribution is 2.08. The van der Waals surface area contributed by atoms with Gasteiger partial charge in [-0.1, -0.05) is 13.0 Å². The zero-order valence-corrected chi connectivity index (χ0v) is 6.12. The minimum Gasteiger partial charge on any atom is -0.123 e. The lowest BCUT2D eigenvalue weighted by Crippen LogP contribution is -1.92. The molecule has 48 valence electrons. The molecule has 0 saturated carbocycles. The van der Waals surface area contributed by atoms with Crippen LogP contribution in [-0.4, -0.2) is 5.38 Å². The van der Waals surface area contributed by atoms with E-state index in [9.17, 15) is 0 Å². The van der Waals surface area contributed by atoms with Crippen LogP contribution < -0.4 is 0 Å². The van der Waals surface area contributed by atoms with Gasteiger partial charge in [0.05, 0.1) is 0 Å². The van der Waals surface area contributed by atoms with Gasteiger partial charge >= 0.3 is 0 Å². The van der Waals surface area contributed by atoms with Crippen LogP contribution in [0, 0.1) is 0 Å². The van der Waals surface area contributed by atoms with Gasteiger partial charge in [-0.2, -0.15) is 0 Å². The summed E-state index contributed by atoms with van der Waals surface area (Å²) >= 11 is 5.80. The van der Waals surface area contributed by atoms with Crippen LogP contribution in [0.3, 0.4) is 0 Å². The molecule has 0 radical (unpaired) electrons. The van der Waals surface area contributed by atoms with Gasteiger partial charge in [-0.3, -0.25) is 0 Å². The van der Waals surface area contributed by atoms with Crippen molar-refractivity contribution in [2.75, 3.05) is 0 Å². The Morgan fingerprint density at radius 1 is 1.75 bits per heavy atom. The molecule has 1 atom stereocenters. The van der Waals surface area contributed by atoms with Crippen LogP contribution in [0.4, 0.5) is 0 Å². The van der Waals surface area contributed by atoms with Crippen molar-refractivity contribution in [3.63, 3.8) is 0 Å². The summed E-state index contributed by atoms with van der Waals surface area (Å²) in [5, 5.41) is 0.355. The van der Waals surface area contributed by atoms with E-state index in [4.69, 9.17) is 11.6 Å². The molecule has 0 aromatic rings. The van der Waals surface area contributed by atoms with E-state index in [1.807, 2.05) is 6.08 Å². The van der Waals surface area contributed by atoms with Crippen molar-refractivity contribution >= 4 is 11.6 Å². The molecule has 0 bridgehead atoms. The lowest BCUT2D eigenvalue weighted by molar-refractivity contribution is 0.739. The molecule has 8 heavy (non-hydrogen) atoms. The Balaban J connectivity index is 2.97. The number of rotatable bonds is 4. The quantitative estimate of drug-likeness (QED) is 0.408. The lowest BCUT2D eigenvalue weighted by atomic mass is 10.2. The Morgan fingerprint density at radius 2 is 2.38 bits per heavy atom. The number of alkyl halides is 1. The van der Waals surface area contributed by atoms with Gasteiger partial charge in [-0.25, -0.2) is 0 Å². The van der Waals surface area contributed by atoms with Crippen molar-refractivity contribution in [1.29, 1.82) is 0 Å². The molecule has 0 aromatic carbocycles. The minimum absolute atomic E-state index is 0.355. The molecule has 1 unspecified atom stereocenters. The van der Waals surface area contributed by atoms with Crippen LogP contribution in [0.25, 0.3) is 0 Å². The molecule has 0 aliphatic rings. The lowest BCUT2D eigenvalue weighted by Gasteiger charge is -2.00. The summed E-state index contributed by atoms with van der Waals surface area (Å²) in [6, 6.07) is 0.